The fourth-order valence-corrected chi connectivity index (χ4v) is 3.82. The summed E-state index contributed by atoms with van der Waals surface area (Å²) >= 11 is 5.01. The van der Waals surface area contributed by atoms with E-state index in [0.717, 1.165) is 19.5 Å². The summed E-state index contributed by atoms with van der Waals surface area (Å²) in [5.41, 5.74) is 6.09. The lowest BCUT2D eigenvalue weighted by atomic mass is 9.73. The first kappa shape index (κ1) is 13.8. The summed E-state index contributed by atoms with van der Waals surface area (Å²) in [7, 11) is 0. The number of likely N-dealkylation sites (tertiary alicyclic amines) is 1. The highest BCUT2D eigenvalue weighted by Gasteiger charge is 2.41. The van der Waals surface area contributed by atoms with Crippen molar-refractivity contribution in [2.24, 2.45) is 17.1 Å². The van der Waals surface area contributed by atoms with Gasteiger partial charge in [-0.3, -0.25) is 4.79 Å². The van der Waals surface area contributed by atoms with Crippen molar-refractivity contribution in [2.75, 3.05) is 13.1 Å². The third-order valence-electron chi connectivity index (χ3n) is 4.71. The summed E-state index contributed by atoms with van der Waals surface area (Å²) in [5.74, 6) is -0.0915. The molecular weight excluding hydrogens is 244 g/mol. The zero-order chi connectivity index (χ0) is 13.2. The number of thiocarbonyl (C=S) groups is 1. The number of nitrogens with two attached hydrogens (primary N) is 1. The second-order valence-electron chi connectivity index (χ2n) is 5.93. The average molecular weight is 268 g/mol. The van der Waals surface area contributed by atoms with Gasteiger partial charge in [0.2, 0.25) is 5.91 Å². The maximum absolute atomic E-state index is 12.4. The second kappa shape index (κ2) is 5.55. The Labute approximate surface area is 115 Å². The molecule has 2 N–H and O–H groups in total. The number of carbonyl (C=O) groups excluding carboxylic acids is 1. The van der Waals surface area contributed by atoms with Crippen molar-refractivity contribution in [3.63, 3.8) is 0 Å². The maximum Gasteiger partial charge on any atom is 0.232 e. The average Bonchev–Trinajstić information content (AvgIpc) is 2.74. The zero-order valence-electron chi connectivity index (χ0n) is 11.3. The molecule has 1 saturated carbocycles. The molecule has 1 heterocycles. The number of hydrogen-bond donors (Lipinski definition) is 1. The lowest BCUT2D eigenvalue weighted by molar-refractivity contribution is -0.132. The maximum atomic E-state index is 12.4. The molecule has 102 valence electrons. The summed E-state index contributed by atoms with van der Waals surface area (Å²) in [4.78, 5) is 14.8. The van der Waals surface area contributed by atoms with Crippen LogP contribution in [-0.4, -0.2) is 28.9 Å². The van der Waals surface area contributed by atoms with E-state index in [1.54, 1.807) is 0 Å². The number of carbonyl (C=O) groups is 1. The smallest absolute Gasteiger partial charge is 0.232 e. The zero-order valence-corrected chi connectivity index (χ0v) is 12.1. The van der Waals surface area contributed by atoms with Crippen LogP contribution < -0.4 is 5.73 Å². The van der Waals surface area contributed by atoms with E-state index >= 15 is 0 Å². The van der Waals surface area contributed by atoms with Gasteiger partial charge in [-0.25, -0.2) is 0 Å². The van der Waals surface area contributed by atoms with Crippen molar-refractivity contribution in [3.05, 3.63) is 0 Å². The summed E-state index contributed by atoms with van der Waals surface area (Å²) < 4.78 is 0. The summed E-state index contributed by atoms with van der Waals surface area (Å²) in [6.45, 7) is 3.82. The molecule has 18 heavy (non-hydrogen) atoms. The molecule has 1 aliphatic carbocycles. The van der Waals surface area contributed by atoms with E-state index in [9.17, 15) is 4.79 Å². The first-order chi connectivity index (χ1) is 8.58. The van der Waals surface area contributed by atoms with Gasteiger partial charge in [0.1, 0.15) is 0 Å². The van der Waals surface area contributed by atoms with Crippen molar-refractivity contribution in [3.8, 4) is 0 Å². The number of hydrogen-bond acceptors (Lipinski definition) is 2. The van der Waals surface area contributed by atoms with Gasteiger partial charge in [-0.05, 0) is 31.1 Å². The van der Waals surface area contributed by atoms with Crippen LogP contribution in [0.2, 0.25) is 0 Å². The lowest BCUT2D eigenvalue weighted by Gasteiger charge is -2.33. The molecule has 2 rings (SSSR count). The van der Waals surface area contributed by atoms with Crippen molar-refractivity contribution in [1.82, 2.24) is 4.90 Å². The van der Waals surface area contributed by atoms with Gasteiger partial charge in [-0.1, -0.05) is 38.4 Å². The quantitative estimate of drug-likeness (QED) is 0.800. The monoisotopic (exact) mass is 268 g/mol. The van der Waals surface area contributed by atoms with Gasteiger partial charge in [0.25, 0.3) is 0 Å². The van der Waals surface area contributed by atoms with Crippen LogP contribution in [0.3, 0.4) is 0 Å². The predicted octanol–water partition coefficient (Wildman–Crippen LogP) is 2.48. The van der Waals surface area contributed by atoms with Crippen LogP contribution in [0.25, 0.3) is 0 Å². The van der Waals surface area contributed by atoms with Crippen molar-refractivity contribution < 1.29 is 4.79 Å². The Bertz CT molecular complexity index is 337. The first-order valence-electron chi connectivity index (χ1n) is 7.16. The molecule has 1 aliphatic heterocycles. The molecule has 3 nitrogen and oxygen atoms in total. The summed E-state index contributed by atoms with van der Waals surface area (Å²) in [5, 5.41) is 0. The molecule has 0 bridgehead atoms. The summed E-state index contributed by atoms with van der Waals surface area (Å²) in [6.07, 6.45) is 8.49. The largest absolute Gasteiger partial charge is 0.393 e. The Morgan fingerprint density at radius 1 is 1.33 bits per heavy atom. The van der Waals surface area contributed by atoms with Crippen LogP contribution in [0.15, 0.2) is 0 Å². The molecule has 0 radical (unpaired) electrons. The van der Waals surface area contributed by atoms with Crippen LogP contribution in [0.5, 0.6) is 0 Å². The molecule has 4 heteroatoms. The van der Waals surface area contributed by atoms with E-state index in [1.807, 2.05) is 11.8 Å². The van der Waals surface area contributed by atoms with E-state index in [4.69, 9.17) is 18.0 Å². The number of nitrogens with zero attached hydrogens (tertiary/aromatic N) is 1. The van der Waals surface area contributed by atoms with Crippen LogP contribution in [0.1, 0.15) is 51.9 Å². The molecule has 1 spiro atoms. The van der Waals surface area contributed by atoms with Gasteiger partial charge >= 0.3 is 0 Å². The first-order valence-corrected chi connectivity index (χ1v) is 7.57. The third kappa shape index (κ3) is 2.68. The van der Waals surface area contributed by atoms with Gasteiger partial charge < -0.3 is 10.6 Å². The fourth-order valence-electron chi connectivity index (χ4n) is 3.55. The van der Waals surface area contributed by atoms with E-state index < -0.39 is 0 Å². The molecule has 0 aromatic carbocycles. The van der Waals surface area contributed by atoms with Gasteiger partial charge in [-0.2, -0.15) is 0 Å². The van der Waals surface area contributed by atoms with Crippen molar-refractivity contribution >= 4 is 23.1 Å². The highest BCUT2D eigenvalue weighted by atomic mass is 32.1. The Morgan fingerprint density at radius 2 is 2.00 bits per heavy atom. The third-order valence-corrected chi connectivity index (χ3v) is 5.00. The molecular formula is C14H24N2OS. The van der Waals surface area contributed by atoms with E-state index in [0.29, 0.717) is 10.4 Å². The Kier molecular flexibility index (Phi) is 4.25. The molecule has 0 aromatic heterocycles. The molecule has 1 amide bonds. The van der Waals surface area contributed by atoms with E-state index in [2.05, 4.69) is 0 Å². The number of amides is 1. The van der Waals surface area contributed by atoms with Crippen molar-refractivity contribution in [2.45, 2.75) is 51.9 Å². The molecule has 1 atom stereocenters. The van der Waals surface area contributed by atoms with Gasteiger partial charge in [0.15, 0.2) is 0 Å². The highest BCUT2D eigenvalue weighted by molar-refractivity contribution is 7.80. The Balaban J connectivity index is 1.99. The SMILES string of the molecule is CCC(C(=O)N1CCC2(CCCCC2)C1)C(N)=S. The van der Waals surface area contributed by atoms with E-state index in [1.165, 1.54) is 38.5 Å². The minimum absolute atomic E-state index is 0.160. The van der Waals surface area contributed by atoms with E-state index in [-0.39, 0.29) is 11.8 Å². The molecule has 1 saturated heterocycles. The van der Waals surface area contributed by atoms with Crippen LogP contribution in [0.4, 0.5) is 0 Å². The fraction of sp³-hybridized carbons (Fsp3) is 0.857. The van der Waals surface area contributed by atoms with Gasteiger partial charge in [0, 0.05) is 13.1 Å². The molecule has 2 fully saturated rings. The van der Waals surface area contributed by atoms with Crippen LogP contribution in [0, 0.1) is 11.3 Å². The summed E-state index contributed by atoms with van der Waals surface area (Å²) in [6, 6.07) is 0. The van der Waals surface area contributed by atoms with Crippen molar-refractivity contribution in [1.29, 1.82) is 0 Å². The van der Waals surface area contributed by atoms with Crippen LogP contribution in [-0.2, 0) is 4.79 Å². The molecule has 2 aliphatic rings. The van der Waals surface area contributed by atoms with Gasteiger partial charge in [-0.15, -0.1) is 0 Å². The predicted molar refractivity (Wildman–Crippen MR) is 77.3 cm³/mol. The molecule has 0 aromatic rings. The standard InChI is InChI=1S/C14H24N2OS/c1-2-11(12(15)18)13(17)16-9-8-14(10-16)6-4-3-5-7-14/h11H,2-10H2,1H3,(H2,15,18). The normalized spacial score (nSPS) is 24.2. The van der Waals surface area contributed by atoms with Crippen LogP contribution >= 0.6 is 12.2 Å². The number of rotatable bonds is 3. The Hall–Kier alpha value is -0.640. The lowest BCUT2D eigenvalue weighted by Crippen LogP contribution is -2.41. The topological polar surface area (TPSA) is 46.3 Å². The minimum atomic E-state index is -0.251. The second-order valence-corrected chi connectivity index (χ2v) is 6.41. The minimum Gasteiger partial charge on any atom is -0.393 e. The Morgan fingerprint density at radius 3 is 2.56 bits per heavy atom. The van der Waals surface area contributed by atoms with Gasteiger partial charge in [0.05, 0.1) is 10.9 Å². The highest BCUT2D eigenvalue weighted by Crippen LogP contribution is 2.43. The molecule has 1 unspecified atom stereocenters.